The zero-order valence-electron chi connectivity index (χ0n) is 7.27. The van der Waals surface area contributed by atoms with E-state index in [4.69, 9.17) is 16.6 Å². The zero-order chi connectivity index (χ0) is 10.7. The summed E-state index contributed by atoms with van der Waals surface area (Å²) in [6.45, 7) is 0. The Bertz CT molecular complexity index is 356. The highest BCUT2D eigenvalue weighted by Gasteiger charge is 2.13. The molecule has 1 rings (SSSR count). The summed E-state index contributed by atoms with van der Waals surface area (Å²) < 4.78 is 12.6. The number of halogens is 1. The molecule has 0 aromatic carbocycles. The normalized spacial score (nSPS) is 12.4. The molecule has 0 aliphatic rings. The average molecular weight is 199 g/mol. The van der Waals surface area contributed by atoms with E-state index < -0.39 is 18.0 Å². The summed E-state index contributed by atoms with van der Waals surface area (Å²) in [5.74, 6) is -1.88. The lowest BCUT2D eigenvalue weighted by atomic mass is 10.1. The standard InChI is InChI=1S/C8H10FN3O2/c9-7-5(10)1-4(3-12-7)2-6(11)8(13)14/h1,3,6H,2,10-11H2,(H,13,14)/t6-/m0/s1. The van der Waals surface area contributed by atoms with Gasteiger partial charge in [-0.3, -0.25) is 4.79 Å². The highest BCUT2D eigenvalue weighted by molar-refractivity contribution is 5.73. The lowest BCUT2D eigenvalue weighted by Crippen LogP contribution is -2.32. The number of carboxylic acids is 1. The van der Waals surface area contributed by atoms with Crippen molar-refractivity contribution in [2.45, 2.75) is 12.5 Å². The van der Waals surface area contributed by atoms with E-state index in [9.17, 15) is 9.18 Å². The van der Waals surface area contributed by atoms with E-state index in [1.54, 1.807) is 0 Å². The fourth-order valence-corrected chi connectivity index (χ4v) is 0.964. The number of anilines is 1. The van der Waals surface area contributed by atoms with Crippen LogP contribution in [0.3, 0.4) is 0 Å². The number of hydrogen-bond donors (Lipinski definition) is 3. The first-order valence-electron chi connectivity index (χ1n) is 3.89. The fraction of sp³-hybridized carbons (Fsp3) is 0.250. The number of nitrogens with two attached hydrogens (primary N) is 2. The summed E-state index contributed by atoms with van der Waals surface area (Å²) >= 11 is 0. The first kappa shape index (κ1) is 10.4. The first-order chi connectivity index (χ1) is 6.50. The van der Waals surface area contributed by atoms with Crippen molar-refractivity contribution in [2.75, 3.05) is 5.73 Å². The minimum absolute atomic E-state index is 0.0762. The molecule has 1 heterocycles. The van der Waals surface area contributed by atoms with Crippen molar-refractivity contribution in [3.05, 3.63) is 23.8 Å². The van der Waals surface area contributed by atoms with Crippen LogP contribution in [0.5, 0.6) is 0 Å². The molecule has 14 heavy (non-hydrogen) atoms. The van der Waals surface area contributed by atoms with Crippen LogP contribution in [0.25, 0.3) is 0 Å². The van der Waals surface area contributed by atoms with Crippen molar-refractivity contribution < 1.29 is 14.3 Å². The molecule has 0 aliphatic heterocycles. The van der Waals surface area contributed by atoms with Crippen molar-refractivity contribution >= 4 is 11.7 Å². The molecule has 1 aromatic rings. The lowest BCUT2D eigenvalue weighted by molar-refractivity contribution is -0.138. The van der Waals surface area contributed by atoms with Gasteiger partial charge in [0.2, 0.25) is 5.95 Å². The summed E-state index contributed by atoms with van der Waals surface area (Å²) in [7, 11) is 0. The molecule has 1 atom stereocenters. The quantitative estimate of drug-likeness (QED) is 0.583. The van der Waals surface area contributed by atoms with Crippen LogP contribution in [0.15, 0.2) is 12.3 Å². The highest BCUT2D eigenvalue weighted by atomic mass is 19.1. The van der Waals surface area contributed by atoms with Gasteiger partial charge < -0.3 is 16.6 Å². The zero-order valence-corrected chi connectivity index (χ0v) is 7.27. The van der Waals surface area contributed by atoms with Crippen LogP contribution in [-0.4, -0.2) is 22.1 Å². The Morgan fingerprint density at radius 3 is 2.86 bits per heavy atom. The van der Waals surface area contributed by atoms with Crippen molar-refractivity contribution in [1.29, 1.82) is 0 Å². The van der Waals surface area contributed by atoms with Gasteiger partial charge in [0.15, 0.2) is 0 Å². The third-order valence-corrected chi connectivity index (χ3v) is 1.70. The highest BCUT2D eigenvalue weighted by Crippen LogP contribution is 2.10. The van der Waals surface area contributed by atoms with E-state index in [2.05, 4.69) is 4.98 Å². The number of aromatic nitrogens is 1. The third-order valence-electron chi connectivity index (χ3n) is 1.70. The molecule has 0 unspecified atom stereocenters. The third kappa shape index (κ3) is 2.40. The largest absolute Gasteiger partial charge is 0.480 e. The monoisotopic (exact) mass is 199 g/mol. The summed E-state index contributed by atoms with van der Waals surface area (Å²) in [5.41, 5.74) is 10.9. The minimum Gasteiger partial charge on any atom is -0.480 e. The Labute approximate surface area is 79.5 Å². The van der Waals surface area contributed by atoms with Crippen LogP contribution in [0, 0.1) is 5.95 Å². The molecule has 5 N–H and O–H groups in total. The minimum atomic E-state index is -1.12. The summed E-state index contributed by atoms with van der Waals surface area (Å²) in [4.78, 5) is 13.8. The second-order valence-electron chi connectivity index (χ2n) is 2.87. The number of nitrogens with zero attached hydrogens (tertiary/aromatic N) is 1. The average Bonchev–Trinajstić information content (AvgIpc) is 2.11. The van der Waals surface area contributed by atoms with E-state index in [0.717, 1.165) is 0 Å². The van der Waals surface area contributed by atoms with Crippen LogP contribution in [0.1, 0.15) is 5.56 Å². The number of rotatable bonds is 3. The van der Waals surface area contributed by atoms with Crippen molar-refractivity contribution in [3.63, 3.8) is 0 Å². The van der Waals surface area contributed by atoms with Gasteiger partial charge in [0, 0.05) is 6.20 Å². The molecular weight excluding hydrogens is 189 g/mol. The molecule has 0 fully saturated rings. The van der Waals surface area contributed by atoms with E-state index in [-0.39, 0.29) is 12.1 Å². The van der Waals surface area contributed by atoms with Crippen molar-refractivity contribution in [2.24, 2.45) is 5.73 Å². The molecule has 0 saturated heterocycles. The maximum absolute atomic E-state index is 12.6. The molecule has 0 aliphatic carbocycles. The van der Waals surface area contributed by atoms with E-state index >= 15 is 0 Å². The molecule has 1 aromatic heterocycles. The molecule has 0 radical (unpaired) electrons. The molecule has 0 bridgehead atoms. The Kier molecular flexibility index (Phi) is 2.98. The Hall–Kier alpha value is -1.69. The fourth-order valence-electron chi connectivity index (χ4n) is 0.964. The van der Waals surface area contributed by atoms with E-state index in [0.29, 0.717) is 5.56 Å². The smallest absolute Gasteiger partial charge is 0.320 e. The molecule has 76 valence electrons. The van der Waals surface area contributed by atoms with Crippen molar-refractivity contribution in [1.82, 2.24) is 4.98 Å². The predicted molar refractivity (Wildman–Crippen MR) is 47.9 cm³/mol. The van der Waals surface area contributed by atoms with Crippen molar-refractivity contribution in [3.8, 4) is 0 Å². The van der Waals surface area contributed by atoms with Gasteiger partial charge in [0.25, 0.3) is 0 Å². The Balaban J connectivity index is 2.78. The second kappa shape index (κ2) is 4.01. The van der Waals surface area contributed by atoms with Crippen LogP contribution in [0.4, 0.5) is 10.1 Å². The maximum Gasteiger partial charge on any atom is 0.320 e. The van der Waals surface area contributed by atoms with E-state index in [1.165, 1.54) is 12.3 Å². The topological polar surface area (TPSA) is 102 Å². The summed E-state index contributed by atoms with van der Waals surface area (Å²) in [5, 5.41) is 8.52. The van der Waals surface area contributed by atoms with Gasteiger partial charge in [-0.1, -0.05) is 0 Å². The van der Waals surface area contributed by atoms with Crippen LogP contribution < -0.4 is 11.5 Å². The molecule has 0 spiro atoms. The molecule has 0 amide bonds. The summed E-state index contributed by atoms with van der Waals surface area (Å²) in [6.07, 6.45) is 1.29. The van der Waals surface area contributed by atoms with Crippen LogP contribution >= 0.6 is 0 Å². The van der Waals surface area contributed by atoms with Crippen LogP contribution in [-0.2, 0) is 11.2 Å². The van der Waals surface area contributed by atoms with Gasteiger partial charge in [-0.05, 0) is 18.1 Å². The second-order valence-corrected chi connectivity index (χ2v) is 2.87. The van der Waals surface area contributed by atoms with Gasteiger partial charge in [-0.15, -0.1) is 0 Å². The molecule has 6 heteroatoms. The number of nitrogen functional groups attached to an aromatic ring is 1. The van der Waals surface area contributed by atoms with Gasteiger partial charge in [0.05, 0.1) is 5.69 Å². The number of aliphatic carboxylic acids is 1. The van der Waals surface area contributed by atoms with E-state index in [1.807, 2.05) is 0 Å². The van der Waals surface area contributed by atoms with Gasteiger partial charge >= 0.3 is 5.97 Å². The maximum atomic E-state index is 12.6. The van der Waals surface area contributed by atoms with Crippen LogP contribution in [0.2, 0.25) is 0 Å². The SMILES string of the molecule is Nc1cc(C[C@H](N)C(=O)O)cnc1F. The molecule has 5 nitrogen and oxygen atoms in total. The first-order valence-corrected chi connectivity index (χ1v) is 3.89. The predicted octanol–water partition coefficient (Wildman–Crippen LogP) is -0.243. The Morgan fingerprint density at radius 2 is 2.36 bits per heavy atom. The van der Waals surface area contributed by atoms with Gasteiger partial charge in [-0.2, -0.15) is 4.39 Å². The number of carboxylic acid groups (broad SMARTS) is 1. The molecule has 0 saturated carbocycles. The number of pyridine rings is 1. The number of hydrogen-bond acceptors (Lipinski definition) is 4. The van der Waals surface area contributed by atoms with Gasteiger partial charge in [-0.25, -0.2) is 4.98 Å². The lowest BCUT2D eigenvalue weighted by Gasteiger charge is -2.06. The molecular formula is C8H10FN3O2. The summed E-state index contributed by atoms with van der Waals surface area (Å²) in [6, 6.07) is 0.298. The van der Waals surface area contributed by atoms with Gasteiger partial charge in [0.1, 0.15) is 6.04 Å². The number of carbonyl (C=O) groups is 1. The Morgan fingerprint density at radius 1 is 1.71 bits per heavy atom.